The van der Waals surface area contributed by atoms with E-state index in [0.717, 1.165) is 0 Å². The summed E-state index contributed by atoms with van der Waals surface area (Å²) in [6, 6.07) is 0. The van der Waals surface area contributed by atoms with Crippen LogP contribution in [0.4, 0.5) is 0 Å². The molecule has 0 heterocycles. The molecule has 0 spiro atoms. The average Bonchev–Trinajstić information content (AvgIpc) is 2.29. The fourth-order valence-electron chi connectivity index (χ4n) is 1.25. The number of ether oxygens (including phenoxy) is 1. The molecule has 9 nitrogen and oxygen atoms in total. The van der Waals surface area contributed by atoms with Gasteiger partial charge < -0.3 is 24.5 Å². The summed E-state index contributed by atoms with van der Waals surface area (Å²) >= 11 is 0. The summed E-state index contributed by atoms with van der Waals surface area (Å²) < 4.78 is 15.5. The van der Waals surface area contributed by atoms with Crippen molar-refractivity contribution in [3.05, 3.63) is 0 Å². The Morgan fingerprint density at radius 3 is 2.20 bits per heavy atom. The van der Waals surface area contributed by atoms with Crippen LogP contribution in [0, 0.1) is 5.92 Å². The van der Waals surface area contributed by atoms with E-state index < -0.39 is 50.5 Å². The van der Waals surface area contributed by atoms with Crippen molar-refractivity contribution in [2.45, 2.75) is 12.8 Å². The highest BCUT2D eigenvalue weighted by Crippen LogP contribution is 2.38. The van der Waals surface area contributed by atoms with Crippen molar-refractivity contribution in [2.75, 3.05) is 26.9 Å². The number of carbonyl (C=O) groups excluding carboxylic acids is 2. The Labute approximate surface area is 115 Å². The maximum atomic E-state index is 11.6. The number of aliphatic carboxylic acids is 1. The number of amides is 1. The van der Waals surface area contributed by atoms with Crippen molar-refractivity contribution >= 4 is 25.4 Å². The van der Waals surface area contributed by atoms with Crippen LogP contribution in [-0.2, 0) is 23.7 Å². The van der Waals surface area contributed by atoms with Crippen LogP contribution >= 0.6 is 7.60 Å². The average molecular weight is 311 g/mol. The highest BCUT2D eigenvalue weighted by atomic mass is 31.2. The van der Waals surface area contributed by atoms with Gasteiger partial charge in [-0.05, 0) is 6.42 Å². The predicted octanol–water partition coefficient (Wildman–Crippen LogP) is -0.723. The van der Waals surface area contributed by atoms with E-state index >= 15 is 0 Å². The number of esters is 1. The van der Waals surface area contributed by atoms with E-state index in [4.69, 9.17) is 14.9 Å². The Morgan fingerprint density at radius 1 is 1.25 bits per heavy atom. The van der Waals surface area contributed by atoms with Crippen LogP contribution in [0.15, 0.2) is 0 Å². The van der Waals surface area contributed by atoms with Crippen molar-refractivity contribution < 1.29 is 38.6 Å². The van der Waals surface area contributed by atoms with Gasteiger partial charge in [-0.25, -0.2) is 0 Å². The second-order valence-corrected chi connectivity index (χ2v) is 6.07. The number of hydrogen-bond donors (Lipinski definition) is 3. The van der Waals surface area contributed by atoms with Crippen LogP contribution in [0.1, 0.15) is 12.8 Å². The fraction of sp³-hybridized carbons (Fsp3) is 0.700. The maximum Gasteiger partial charge on any atom is 0.326 e. The monoisotopic (exact) mass is 311 g/mol. The van der Waals surface area contributed by atoms with E-state index in [0.29, 0.717) is 0 Å². The Kier molecular flexibility index (Phi) is 7.41. The number of carbonyl (C=O) groups is 3. The summed E-state index contributed by atoms with van der Waals surface area (Å²) in [6.07, 6.45) is -1.51. The Bertz CT molecular complexity index is 415. The Morgan fingerprint density at radius 2 is 1.80 bits per heavy atom. The highest BCUT2D eigenvalue weighted by molar-refractivity contribution is 7.51. The molecular weight excluding hydrogens is 293 g/mol. The molecule has 10 heteroatoms. The number of nitrogens with zero attached hydrogens (tertiary/aromatic N) is 1. The molecule has 0 aromatic heterocycles. The Hall–Kier alpha value is -1.44. The summed E-state index contributed by atoms with van der Waals surface area (Å²) in [5, 5.41) is 8.53. The summed E-state index contributed by atoms with van der Waals surface area (Å²) in [5.41, 5.74) is 0. The van der Waals surface area contributed by atoms with Gasteiger partial charge in [0.05, 0.1) is 12.1 Å². The third-order valence-corrected chi connectivity index (χ3v) is 3.25. The molecule has 0 saturated carbocycles. The molecule has 1 atom stereocenters. The van der Waals surface area contributed by atoms with Gasteiger partial charge in [0.1, 0.15) is 0 Å². The molecule has 0 radical (unpaired) electrons. The van der Waals surface area contributed by atoms with Crippen LogP contribution in [0.3, 0.4) is 0 Å². The lowest BCUT2D eigenvalue weighted by Gasteiger charge is -2.16. The Balaban J connectivity index is 4.58. The minimum absolute atomic E-state index is 0.268. The van der Waals surface area contributed by atoms with Gasteiger partial charge in [0.25, 0.3) is 5.91 Å². The largest absolute Gasteiger partial charge is 0.481 e. The van der Waals surface area contributed by atoms with Crippen LogP contribution in [0.25, 0.3) is 0 Å². The first-order valence-electron chi connectivity index (χ1n) is 5.66. The number of likely N-dealkylation sites (N-methyl/N-ethyl adjacent to an activating group) is 1. The molecule has 0 saturated heterocycles. The molecule has 0 aliphatic rings. The van der Waals surface area contributed by atoms with Crippen LogP contribution in [-0.4, -0.2) is 64.5 Å². The minimum Gasteiger partial charge on any atom is -0.481 e. The quantitative estimate of drug-likeness (QED) is 0.394. The molecule has 0 aliphatic heterocycles. The first-order chi connectivity index (χ1) is 9.03. The second-order valence-electron chi connectivity index (χ2n) is 4.37. The predicted molar refractivity (Wildman–Crippen MR) is 66.9 cm³/mol. The van der Waals surface area contributed by atoms with Gasteiger partial charge in [-0.15, -0.1) is 0 Å². The smallest absolute Gasteiger partial charge is 0.326 e. The molecule has 0 rings (SSSR count). The molecule has 20 heavy (non-hydrogen) atoms. The fourth-order valence-corrected chi connectivity index (χ4v) is 2.15. The van der Waals surface area contributed by atoms with Crippen molar-refractivity contribution in [2.24, 2.45) is 5.92 Å². The number of rotatable bonds is 8. The van der Waals surface area contributed by atoms with Gasteiger partial charge in [0.2, 0.25) is 0 Å². The first-order valence-corrected chi connectivity index (χ1v) is 7.46. The van der Waals surface area contributed by atoms with Gasteiger partial charge in [0, 0.05) is 20.5 Å². The zero-order valence-electron chi connectivity index (χ0n) is 11.2. The summed E-state index contributed by atoms with van der Waals surface area (Å²) in [5.74, 6) is -3.95. The molecule has 0 aromatic carbocycles. The van der Waals surface area contributed by atoms with Gasteiger partial charge in [-0.2, -0.15) is 0 Å². The number of carboxylic acid groups (broad SMARTS) is 1. The van der Waals surface area contributed by atoms with E-state index in [2.05, 4.69) is 4.74 Å². The van der Waals surface area contributed by atoms with E-state index in [1.165, 1.54) is 19.0 Å². The van der Waals surface area contributed by atoms with E-state index in [1.807, 2.05) is 0 Å². The highest BCUT2D eigenvalue weighted by Gasteiger charge is 2.29. The third kappa shape index (κ3) is 8.63. The van der Waals surface area contributed by atoms with E-state index in [-0.39, 0.29) is 6.42 Å². The SMILES string of the molecule is CN(C)C(=O)COC(=O)C(CCC(=O)O)CP(=O)(O)O. The second kappa shape index (κ2) is 7.98. The molecule has 0 aromatic rings. The van der Waals surface area contributed by atoms with Crippen molar-refractivity contribution in [3.8, 4) is 0 Å². The van der Waals surface area contributed by atoms with Crippen molar-refractivity contribution in [3.63, 3.8) is 0 Å². The molecule has 0 bridgehead atoms. The maximum absolute atomic E-state index is 11.6. The van der Waals surface area contributed by atoms with Crippen LogP contribution in [0.5, 0.6) is 0 Å². The summed E-state index contributed by atoms with van der Waals surface area (Å²) in [6.45, 7) is -0.559. The van der Waals surface area contributed by atoms with Crippen LogP contribution in [0.2, 0.25) is 0 Å². The van der Waals surface area contributed by atoms with Gasteiger partial charge in [0.15, 0.2) is 6.61 Å². The van der Waals surface area contributed by atoms with Crippen molar-refractivity contribution in [1.29, 1.82) is 0 Å². The molecule has 0 fully saturated rings. The number of carboxylic acids is 1. The van der Waals surface area contributed by atoms with Gasteiger partial charge >= 0.3 is 19.5 Å². The lowest BCUT2D eigenvalue weighted by Crippen LogP contribution is -2.30. The zero-order chi connectivity index (χ0) is 15.9. The van der Waals surface area contributed by atoms with Gasteiger partial charge in [-0.3, -0.25) is 18.9 Å². The van der Waals surface area contributed by atoms with Gasteiger partial charge in [-0.1, -0.05) is 0 Å². The summed E-state index contributed by atoms with van der Waals surface area (Å²) in [7, 11) is -1.59. The van der Waals surface area contributed by atoms with E-state index in [9.17, 15) is 18.9 Å². The minimum atomic E-state index is -4.49. The van der Waals surface area contributed by atoms with Crippen molar-refractivity contribution in [1.82, 2.24) is 4.90 Å². The number of hydrogen-bond acceptors (Lipinski definition) is 5. The standard InChI is InChI=1S/C10H18NO8P/c1-11(2)8(12)5-19-10(15)7(3-4-9(13)14)6-20(16,17)18/h7H,3-6H2,1-2H3,(H,13,14)(H2,16,17,18). The van der Waals surface area contributed by atoms with E-state index in [1.54, 1.807) is 0 Å². The molecular formula is C10H18NO8P. The normalized spacial score (nSPS) is 12.6. The topological polar surface area (TPSA) is 141 Å². The molecule has 1 amide bonds. The lowest BCUT2D eigenvalue weighted by atomic mass is 10.1. The molecule has 116 valence electrons. The molecule has 3 N–H and O–H groups in total. The van der Waals surface area contributed by atoms with Crippen LogP contribution < -0.4 is 0 Å². The third-order valence-electron chi connectivity index (χ3n) is 2.33. The first kappa shape index (κ1) is 18.6. The molecule has 0 aliphatic carbocycles. The zero-order valence-corrected chi connectivity index (χ0v) is 12.1. The molecule has 1 unspecified atom stereocenters. The lowest BCUT2D eigenvalue weighted by molar-refractivity contribution is -0.154. The summed E-state index contributed by atoms with van der Waals surface area (Å²) in [4.78, 5) is 52.2.